The van der Waals surface area contributed by atoms with Crippen molar-refractivity contribution >= 4 is 23.0 Å². The van der Waals surface area contributed by atoms with Crippen molar-refractivity contribution < 1.29 is 4.74 Å². The van der Waals surface area contributed by atoms with Gasteiger partial charge in [-0.3, -0.25) is 0 Å². The van der Waals surface area contributed by atoms with Crippen LogP contribution in [-0.4, -0.2) is 28.2 Å². The monoisotopic (exact) mass is 391 g/mol. The average Bonchev–Trinajstić information content (AvgIpc) is 3.19. The van der Waals surface area contributed by atoms with Gasteiger partial charge < -0.3 is 19.5 Å². The predicted octanol–water partition coefficient (Wildman–Crippen LogP) is 4.92. The average molecular weight is 392 g/mol. The molecule has 0 aliphatic carbocycles. The van der Waals surface area contributed by atoms with Crippen molar-refractivity contribution in [3.63, 3.8) is 0 Å². The summed E-state index contributed by atoms with van der Waals surface area (Å²) in [5.74, 6) is 0.859. The highest BCUT2D eigenvalue weighted by Crippen LogP contribution is 2.34. The molecule has 0 saturated carbocycles. The first-order valence-electron chi connectivity index (χ1n) is 9.50. The molecule has 5 heteroatoms. The zero-order chi connectivity index (χ0) is 19.7. The fourth-order valence-electron chi connectivity index (χ4n) is 3.80. The molecule has 1 atom stereocenters. The van der Waals surface area contributed by atoms with E-state index in [1.165, 1.54) is 22.4 Å². The van der Waals surface area contributed by atoms with Crippen molar-refractivity contribution in [3.05, 3.63) is 83.2 Å². The molecular weight excluding hydrogens is 366 g/mol. The summed E-state index contributed by atoms with van der Waals surface area (Å²) in [4.78, 5) is 2.29. The molecule has 0 bridgehead atoms. The zero-order valence-electron chi connectivity index (χ0n) is 16.5. The van der Waals surface area contributed by atoms with Gasteiger partial charge in [0.2, 0.25) is 0 Å². The Kier molecular flexibility index (Phi) is 5.09. The van der Waals surface area contributed by atoms with Crippen molar-refractivity contribution in [2.45, 2.75) is 26.4 Å². The smallest absolute Gasteiger partial charge is 0.174 e. The minimum atomic E-state index is 0.0692. The summed E-state index contributed by atoms with van der Waals surface area (Å²) >= 11 is 5.87. The quantitative estimate of drug-likeness (QED) is 0.642. The lowest BCUT2D eigenvalue weighted by molar-refractivity contribution is 0.293. The van der Waals surface area contributed by atoms with E-state index in [0.29, 0.717) is 0 Å². The molecule has 3 aromatic rings. The molecule has 1 aliphatic rings. The number of nitrogens with zero attached hydrogens (tertiary/aromatic N) is 2. The predicted molar refractivity (Wildman–Crippen MR) is 118 cm³/mol. The molecule has 144 valence electrons. The first kappa shape index (κ1) is 18.6. The minimum Gasteiger partial charge on any atom is -0.497 e. The van der Waals surface area contributed by atoms with E-state index < -0.39 is 0 Å². The Balaban J connectivity index is 1.67. The van der Waals surface area contributed by atoms with E-state index in [4.69, 9.17) is 17.0 Å². The van der Waals surface area contributed by atoms with Crippen LogP contribution in [-0.2, 0) is 6.54 Å². The second kappa shape index (κ2) is 7.68. The van der Waals surface area contributed by atoms with Gasteiger partial charge in [0.05, 0.1) is 13.2 Å². The van der Waals surface area contributed by atoms with Gasteiger partial charge in [0, 0.05) is 30.7 Å². The Bertz CT molecular complexity index is 993. The van der Waals surface area contributed by atoms with Gasteiger partial charge in [0.1, 0.15) is 5.75 Å². The van der Waals surface area contributed by atoms with Gasteiger partial charge in [-0.2, -0.15) is 0 Å². The number of fused-ring (bicyclic) bond motifs is 1. The van der Waals surface area contributed by atoms with Crippen molar-refractivity contribution in [2.75, 3.05) is 19.0 Å². The number of hydrogen-bond acceptors (Lipinski definition) is 2. The summed E-state index contributed by atoms with van der Waals surface area (Å²) in [6.45, 7) is 5.98. The molecule has 4 nitrogen and oxygen atoms in total. The van der Waals surface area contributed by atoms with Crippen molar-refractivity contribution in [1.82, 2.24) is 9.47 Å². The number of aromatic nitrogens is 1. The first-order chi connectivity index (χ1) is 13.6. The SMILES string of the molecule is COc1ccc(C2c3cccn3CCN2C(=S)Nc2cc(C)ccc2C)cc1. The van der Waals surface area contributed by atoms with E-state index in [-0.39, 0.29) is 6.04 Å². The van der Waals surface area contributed by atoms with Crippen molar-refractivity contribution in [3.8, 4) is 5.75 Å². The fraction of sp³-hybridized carbons (Fsp3) is 0.261. The number of ether oxygens (including phenoxy) is 1. The van der Waals surface area contributed by atoms with E-state index >= 15 is 0 Å². The van der Waals surface area contributed by atoms with Gasteiger partial charge in [-0.1, -0.05) is 24.3 Å². The maximum Gasteiger partial charge on any atom is 0.174 e. The van der Waals surface area contributed by atoms with Crippen LogP contribution in [0.4, 0.5) is 5.69 Å². The second-order valence-corrected chi connectivity index (χ2v) is 7.63. The highest BCUT2D eigenvalue weighted by Gasteiger charge is 2.30. The lowest BCUT2D eigenvalue weighted by Crippen LogP contribution is -2.44. The Morgan fingerprint density at radius 2 is 1.86 bits per heavy atom. The Morgan fingerprint density at radius 3 is 2.61 bits per heavy atom. The molecule has 4 rings (SSSR count). The van der Waals surface area contributed by atoms with Crippen molar-refractivity contribution in [1.29, 1.82) is 0 Å². The second-order valence-electron chi connectivity index (χ2n) is 7.24. The summed E-state index contributed by atoms with van der Waals surface area (Å²) in [7, 11) is 1.69. The summed E-state index contributed by atoms with van der Waals surface area (Å²) in [6, 6.07) is 19.0. The first-order valence-corrected chi connectivity index (χ1v) is 9.91. The van der Waals surface area contributed by atoms with E-state index in [1.807, 2.05) is 12.1 Å². The molecule has 0 spiro atoms. The number of aryl methyl sites for hydroxylation is 2. The Morgan fingerprint density at radius 1 is 1.07 bits per heavy atom. The van der Waals surface area contributed by atoms with Crippen LogP contribution in [0.2, 0.25) is 0 Å². The van der Waals surface area contributed by atoms with Gasteiger partial charge in [-0.25, -0.2) is 0 Å². The summed E-state index contributed by atoms with van der Waals surface area (Å²) < 4.78 is 7.64. The van der Waals surface area contributed by atoms with E-state index in [0.717, 1.165) is 29.6 Å². The van der Waals surface area contributed by atoms with Gasteiger partial charge in [0.25, 0.3) is 0 Å². The van der Waals surface area contributed by atoms with Gasteiger partial charge in [-0.15, -0.1) is 0 Å². The molecule has 28 heavy (non-hydrogen) atoms. The molecule has 2 aromatic carbocycles. The number of nitrogens with one attached hydrogen (secondary N) is 1. The molecule has 0 saturated heterocycles. The maximum atomic E-state index is 5.87. The Hall–Kier alpha value is -2.79. The molecule has 2 heterocycles. The molecule has 1 N–H and O–H groups in total. The zero-order valence-corrected chi connectivity index (χ0v) is 17.3. The topological polar surface area (TPSA) is 29.4 Å². The van der Waals surface area contributed by atoms with E-state index in [9.17, 15) is 0 Å². The van der Waals surface area contributed by atoms with Crippen LogP contribution in [0.25, 0.3) is 0 Å². The number of hydrogen-bond donors (Lipinski definition) is 1. The number of methoxy groups -OCH3 is 1. The number of benzene rings is 2. The normalized spacial score (nSPS) is 15.8. The van der Waals surface area contributed by atoms with E-state index in [1.54, 1.807) is 7.11 Å². The molecule has 0 fully saturated rings. The van der Waals surface area contributed by atoms with Crippen LogP contribution >= 0.6 is 12.2 Å². The van der Waals surface area contributed by atoms with Gasteiger partial charge in [-0.05, 0) is 73.1 Å². The van der Waals surface area contributed by atoms with Gasteiger partial charge in [0.15, 0.2) is 5.11 Å². The Labute approximate surface area is 171 Å². The molecule has 1 aromatic heterocycles. The van der Waals surface area contributed by atoms with Gasteiger partial charge >= 0.3 is 0 Å². The maximum absolute atomic E-state index is 5.87. The number of anilines is 1. The fourth-order valence-corrected chi connectivity index (χ4v) is 4.10. The summed E-state index contributed by atoms with van der Waals surface area (Å²) in [6.07, 6.45) is 2.14. The molecule has 1 unspecified atom stereocenters. The minimum absolute atomic E-state index is 0.0692. The van der Waals surface area contributed by atoms with Crippen LogP contribution in [0.3, 0.4) is 0 Å². The standard InChI is InChI=1S/C23H25N3OS/c1-16-6-7-17(2)20(15-16)24-23(28)26-14-13-25-12-4-5-21(25)22(26)18-8-10-19(27-3)11-9-18/h4-12,15,22H,13-14H2,1-3H3,(H,24,28). The number of rotatable bonds is 3. The highest BCUT2D eigenvalue weighted by atomic mass is 32.1. The van der Waals surface area contributed by atoms with Crippen LogP contribution in [0.1, 0.15) is 28.4 Å². The third-order valence-electron chi connectivity index (χ3n) is 5.37. The summed E-state index contributed by atoms with van der Waals surface area (Å²) in [5.41, 5.74) is 5.93. The summed E-state index contributed by atoms with van der Waals surface area (Å²) in [5, 5.41) is 4.24. The molecule has 0 amide bonds. The number of thiocarbonyl (C=S) groups is 1. The lowest BCUT2D eigenvalue weighted by Gasteiger charge is -2.39. The molecule has 0 radical (unpaired) electrons. The highest BCUT2D eigenvalue weighted by molar-refractivity contribution is 7.80. The van der Waals surface area contributed by atoms with Crippen LogP contribution < -0.4 is 10.1 Å². The largest absolute Gasteiger partial charge is 0.497 e. The van der Waals surface area contributed by atoms with Crippen LogP contribution in [0.15, 0.2) is 60.8 Å². The van der Waals surface area contributed by atoms with Crippen LogP contribution in [0, 0.1) is 13.8 Å². The lowest BCUT2D eigenvalue weighted by atomic mass is 10.00. The van der Waals surface area contributed by atoms with Crippen molar-refractivity contribution in [2.24, 2.45) is 0 Å². The molecular formula is C23H25N3OS. The third kappa shape index (κ3) is 3.50. The molecule has 1 aliphatic heterocycles. The third-order valence-corrected chi connectivity index (χ3v) is 5.70. The van der Waals surface area contributed by atoms with E-state index in [2.05, 4.69) is 77.3 Å². The van der Waals surface area contributed by atoms with Crippen LogP contribution in [0.5, 0.6) is 5.75 Å².